The van der Waals surface area contributed by atoms with Crippen molar-refractivity contribution >= 4 is 0 Å². The Kier molecular flexibility index (Phi) is 68.3. The molecule has 20 heavy (non-hydrogen) atoms. The summed E-state index contributed by atoms with van der Waals surface area (Å²) in [6.45, 7) is 13.1. The first-order valence-corrected chi connectivity index (χ1v) is 8.30. The molecule has 0 aliphatic carbocycles. The number of unbranched alkanes of at least 4 members (excludes halogenated alkanes) is 9. The van der Waals surface area contributed by atoms with Gasteiger partial charge in [-0.3, -0.25) is 0 Å². The van der Waals surface area contributed by atoms with Gasteiger partial charge in [-0.05, 0) is 12.8 Å². The molecule has 0 spiro atoms. The maximum Gasteiger partial charge on any atom is 0.0872 e. The fraction of sp³-hybridized carbons (Fsp3) is 0.900. The Balaban J connectivity index is -0.0000000536. The van der Waals surface area contributed by atoms with E-state index in [1.807, 2.05) is 0 Å². The van der Waals surface area contributed by atoms with Crippen molar-refractivity contribution in [3.63, 3.8) is 0 Å². The van der Waals surface area contributed by atoms with Gasteiger partial charge in [-0.2, -0.15) is 0 Å². The van der Waals surface area contributed by atoms with E-state index >= 15 is 0 Å². The van der Waals surface area contributed by atoms with Crippen LogP contribution in [0.2, 0.25) is 0 Å². The minimum atomic E-state index is 0. The van der Waals surface area contributed by atoms with Gasteiger partial charge >= 0.3 is 0 Å². The molecule has 0 radical (unpaired) electrons. The zero-order valence-corrected chi connectivity index (χ0v) is 14.2. The third-order valence-corrected chi connectivity index (χ3v) is 2.65. The molecule has 126 valence electrons. The zero-order valence-electron chi connectivity index (χ0n) is 14.2. The molecule has 0 saturated heterocycles. The van der Waals surface area contributed by atoms with Gasteiger partial charge < -0.3 is 0 Å². The van der Waals surface area contributed by atoms with Gasteiger partial charge in [0.05, 0.1) is 39.5 Å². The maximum absolute atomic E-state index is 2.23. The molecule has 0 rings (SSSR count). The van der Waals surface area contributed by atoms with E-state index in [0.29, 0.717) is 0 Å². The van der Waals surface area contributed by atoms with E-state index in [0.717, 1.165) is 0 Å². The first kappa shape index (κ1) is 31.9. The molecular formula is C20H48+2. The van der Waals surface area contributed by atoms with E-state index in [2.05, 4.69) is 54.4 Å². The van der Waals surface area contributed by atoms with Gasteiger partial charge in [-0.15, -0.1) is 0 Å². The van der Waals surface area contributed by atoms with Crippen molar-refractivity contribution in [2.75, 3.05) is 0 Å². The fourth-order valence-corrected chi connectivity index (χ4v) is 1.32. The number of hydrogen-bond donors (Lipinski definition) is 0. The largest absolute Gasteiger partial charge is 0.0872 e. The molecule has 0 heterocycles. The van der Waals surface area contributed by atoms with Gasteiger partial charge in [-0.25, -0.2) is 0 Å². The molecule has 0 aromatic carbocycles. The van der Waals surface area contributed by atoms with Gasteiger partial charge in [0.1, 0.15) is 0 Å². The lowest BCUT2D eigenvalue weighted by molar-refractivity contribution is 0.702. The SMILES string of the molecule is C.C.CCCCCC.C[CH+]CCCC.C[CH+]CCCC. The standard InChI is InChI=1S/C6H14.2C6H13.2CH4/c3*1-3-5-6-4-2;;/h3-6H2,1-2H3;2*3H,4-6H2,1-2H3;2*1H4/q;2*+1;;. The van der Waals surface area contributed by atoms with Crippen molar-refractivity contribution in [3.8, 4) is 0 Å². The summed E-state index contributed by atoms with van der Waals surface area (Å²) in [5.41, 5.74) is 0. The molecule has 0 fully saturated rings. The second-order valence-electron chi connectivity index (χ2n) is 4.81. The van der Waals surface area contributed by atoms with Crippen LogP contribution >= 0.6 is 0 Å². The molecule has 0 aromatic rings. The van der Waals surface area contributed by atoms with Crippen molar-refractivity contribution in [2.45, 2.75) is 121 Å². The average Bonchev–Trinajstić information content (AvgIpc) is 2.42. The third-order valence-electron chi connectivity index (χ3n) is 2.65. The topological polar surface area (TPSA) is 0 Å². The van der Waals surface area contributed by atoms with E-state index in [9.17, 15) is 0 Å². The fourth-order valence-electron chi connectivity index (χ4n) is 1.32. The third kappa shape index (κ3) is 65.1. The Morgan fingerprint density at radius 1 is 0.500 bits per heavy atom. The molecule has 0 unspecified atom stereocenters. The van der Waals surface area contributed by atoms with Crippen LogP contribution in [0.5, 0.6) is 0 Å². The molecule has 0 N–H and O–H groups in total. The first-order chi connectivity index (χ1) is 8.74. The van der Waals surface area contributed by atoms with Gasteiger partial charge in [-0.1, -0.05) is 81.1 Å². The van der Waals surface area contributed by atoms with Crippen molar-refractivity contribution in [2.24, 2.45) is 0 Å². The smallest absolute Gasteiger partial charge is 0.0776 e. The highest BCUT2D eigenvalue weighted by Crippen LogP contribution is 1.95. The highest BCUT2D eigenvalue weighted by molar-refractivity contribution is 4.53. The van der Waals surface area contributed by atoms with Gasteiger partial charge in [0, 0.05) is 0 Å². The second kappa shape index (κ2) is 42.8. The second-order valence-corrected chi connectivity index (χ2v) is 4.81. The predicted molar refractivity (Wildman–Crippen MR) is 102 cm³/mol. The monoisotopic (exact) mass is 288 g/mol. The van der Waals surface area contributed by atoms with E-state index in [-0.39, 0.29) is 14.9 Å². The van der Waals surface area contributed by atoms with E-state index in [1.165, 1.54) is 64.2 Å². The van der Waals surface area contributed by atoms with Crippen molar-refractivity contribution in [1.29, 1.82) is 0 Å². The summed E-state index contributed by atoms with van der Waals surface area (Å²) < 4.78 is 0. The van der Waals surface area contributed by atoms with Crippen LogP contribution in [0, 0.1) is 12.8 Å². The van der Waals surface area contributed by atoms with Crippen LogP contribution in [-0.2, 0) is 0 Å². The molecular weight excluding hydrogens is 240 g/mol. The summed E-state index contributed by atoms with van der Waals surface area (Å²) in [5.74, 6) is 0. The summed E-state index contributed by atoms with van der Waals surface area (Å²) in [6, 6.07) is 0. The van der Waals surface area contributed by atoms with Crippen LogP contribution in [-0.4, -0.2) is 0 Å². The zero-order chi connectivity index (χ0) is 14.5. The lowest BCUT2D eigenvalue weighted by Gasteiger charge is -1.86. The summed E-state index contributed by atoms with van der Waals surface area (Å²) in [4.78, 5) is 0. The summed E-state index contributed by atoms with van der Waals surface area (Å²) in [5, 5.41) is 0. The first-order valence-electron chi connectivity index (χ1n) is 8.30. The molecule has 0 bridgehead atoms. The molecule has 0 nitrogen and oxygen atoms in total. The van der Waals surface area contributed by atoms with Crippen LogP contribution in [0.3, 0.4) is 0 Å². The molecule has 0 saturated carbocycles. The van der Waals surface area contributed by atoms with Crippen molar-refractivity contribution in [1.82, 2.24) is 0 Å². The lowest BCUT2D eigenvalue weighted by atomic mass is 10.2. The lowest BCUT2D eigenvalue weighted by Crippen LogP contribution is -1.67. The van der Waals surface area contributed by atoms with Gasteiger partial charge in [0.25, 0.3) is 0 Å². The molecule has 0 atom stereocenters. The van der Waals surface area contributed by atoms with Crippen LogP contribution in [0.25, 0.3) is 0 Å². The minimum Gasteiger partial charge on any atom is -0.0776 e. The van der Waals surface area contributed by atoms with Crippen LogP contribution in [0.4, 0.5) is 0 Å². The number of hydrogen-bond acceptors (Lipinski definition) is 0. The van der Waals surface area contributed by atoms with Crippen LogP contribution < -0.4 is 0 Å². The van der Waals surface area contributed by atoms with E-state index < -0.39 is 0 Å². The summed E-state index contributed by atoms with van der Waals surface area (Å²) in [6.07, 6.45) is 17.9. The maximum atomic E-state index is 2.23. The summed E-state index contributed by atoms with van der Waals surface area (Å²) in [7, 11) is 0. The van der Waals surface area contributed by atoms with Crippen molar-refractivity contribution in [3.05, 3.63) is 12.8 Å². The Morgan fingerprint density at radius 3 is 0.850 bits per heavy atom. The van der Waals surface area contributed by atoms with E-state index in [1.54, 1.807) is 0 Å². The van der Waals surface area contributed by atoms with Crippen LogP contribution in [0.1, 0.15) is 121 Å². The van der Waals surface area contributed by atoms with Gasteiger partial charge in [0.2, 0.25) is 0 Å². The molecule has 0 amide bonds. The number of rotatable bonds is 9. The Hall–Kier alpha value is -0.260. The molecule has 0 aliphatic heterocycles. The molecule has 0 heteroatoms. The predicted octanol–water partition coefficient (Wildman–Crippen LogP) is 8.66. The Labute approximate surface area is 134 Å². The highest BCUT2D eigenvalue weighted by Gasteiger charge is 1.84. The Morgan fingerprint density at radius 2 is 0.750 bits per heavy atom. The van der Waals surface area contributed by atoms with Crippen LogP contribution in [0.15, 0.2) is 0 Å². The quantitative estimate of drug-likeness (QED) is 0.294. The molecule has 0 aliphatic rings. The average molecular weight is 289 g/mol. The molecule has 0 aromatic heterocycles. The summed E-state index contributed by atoms with van der Waals surface area (Å²) >= 11 is 0. The van der Waals surface area contributed by atoms with E-state index in [4.69, 9.17) is 0 Å². The Bertz CT molecular complexity index is 55.0. The normalized spacial score (nSPS) is 7.70. The minimum absolute atomic E-state index is 0. The van der Waals surface area contributed by atoms with Crippen molar-refractivity contribution < 1.29 is 0 Å². The highest BCUT2D eigenvalue weighted by atomic mass is 13.8. The van der Waals surface area contributed by atoms with Gasteiger partial charge in [0.15, 0.2) is 0 Å².